The lowest BCUT2D eigenvalue weighted by atomic mass is 10.1. The molecule has 0 aliphatic carbocycles. The lowest BCUT2D eigenvalue weighted by molar-refractivity contribution is -0.123. The summed E-state index contributed by atoms with van der Waals surface area (Å²) in [4.78, 5) is 27.2. The van der Waals surface area contributed by atoms with Crippen molar-refractivity contribution in [1.29, 1.82) is 0 Å². The van der Waals surface area contributed by atoms with Gasteiger partial charge >= 0.3 is 5.97 Å². The molecule has 1 atom stereocenters. The van der Waals surface area contributed by atoms with Gasteiger partial charge in [0.25, 0.3) is 5.91 Å². The molecule has 2 aromatic rings. The third kappa shape index (κ3) is 6.82. The summed E-state index contributed by atoms with van der Waals surface area (Å²) in [7, 11) is 0. The average molecular weight is 425 g/mol. The van der Waals surface area contributed by atoms with Crippen LogP contribution in [0.4, 0.5) is 11.4 Å². The smallest absolute Gasteiger partial charge is 0.338 e. The minimum atomic E-state index is -0.904. The Labute approximate surface area is 184 Å². The molecule has 0 spiro atoms. The van der Waals surface area contributed by atoms with Gasteiger partial charge in [0.1, 0.15) is 0 Å². The van der Waals surface area contributed by atoms with Gasteiger partial charge in [0.15, 0.2) is 6.10 Å². The number of amides is 1. The molecule has 166 valence electrons. The number of hydrogen-bond acceptors (Lipinski definition) is 5. The number of carbonyl (C=O) groups is 2. The highest BCUT2D eigenvalue weighted by Gasteiger charge is 2.19. The fourth-order valence-corrected chi connectivity index (χ4v) is 3.43. The molecule has 1 heterocycles. The van der Waals surface area contributed by atoms with Gasteiger partial charge in [-0.15, -0.1) is 0 Å². The molecule has 0 bridgehead atoms. The maximum absolute atomic E-state index is 12.5. The summed E-state index contributed by atoms with van der Waals surface area (Å²) in [6, 6.07) is 14.8. The number of ether oxygens (including phenoxy) is 2. The van der Waals surface area contributed by atoms with E-state index in [1.165, 1.54) is 24.9 Å². The molecular weight excluding hydrogens is 392 g/mol. The standard InChI is InChI=1S/C25H32N2O4/c1-18(2)30-17-20-7-9-21(10-8-20)25(29)31-19(3)24(28)26-22-11-13-23(14-12-22)27-15-5-4-6-16-27/h7-14,18-19H,4-6,15-17H2,1-3H3,(H,26,28)/t19-/m1/s1. The predicted molar refractivity (Wildman–Crippen MR) is 122 cm³/mol. The van der Waals surface area contributed by atoms with Crippen LogP contribution in [0.2, 0.25) is 0 Å². The first-order chi connectivity index (χ1) is 14.9. The second kappa shape index (κ2) is 11.0. The van der Waals surface area contributed by atoms with Gasteiger partial charge in [-0.1, -0.05) is 12.1 Å². The summed E-state index contributed by atoms with van der Waals surface area (Å²) in [5.74, 6) is -0.888. The van der Waals surface area contributed by atoms with Gasteiger partial charge in [0.2, 0.25) is 0 Å². The number of benzene rings is 2. The molecule has 1 N–H and O–H groups in total. The largest absolute Gasteiger partial charge is 0.449 e. The Balaban J connectivity index is 1.49. The monoisotopic (exact) mass is 424 g/mol. The number of hydrogen-bond donors (Lipinski definition) is 1. The SMILES string of the molecule is CC(C)OCc1ccc(C(=O)O[C@H](C)C(=O)Nc2ccc(N3CCCCC3)cc2)cc1. The van der Waals surface area contributed by atoms with E-state index in [0.717, 1.165) is 18.7 Å². The zero-order chi connectivity index (χ0) is 22.2. The van der Waals surface area contributed by atoms with Gasteiger partial charge < -0.3 is 19.7 Å². The molecule has 1 amide bonds. The van der Waals surface area contributed by atoms with E-state index in [1.807, 2.05) is 50.2 Å². The number of esters is 1. The minimum Gasteiger partial charge on any atom is -0.449 e. The first-order valence-electron chi connectivity index (χ1n) is 11.0. The average Bonchev–Trinajstić information content (AvgIpc) is 2.79. The molecule has 1 aliphatic heterocycles. The van der Waals surface area contributed by atoms with Crippen molar-refractivity contribution in [2.45, 2.75) is 58.8 Å². The summed E-state index contributed by atoms with van der Waals surface area (Å²) in [6.07, 6.45) is 2.96. The molecule has 3 rings (SSSR count). The molecule has 6 nitrogen and oxygen atoms in total. The lowest BCUT2D eigenvalue weighted by Gasteiger charge is -2.28. The van der Waals surface area contributed by atoms with Crippen LogP contribution in [0.3, 0.4) is 0 Å². The molecule has 6 heteroatoms. The van der Waals surface area contributed by atoms with Gasteiger partial charge in [-0.3, -0.25) is 4.79 Å². The normalized spacial score (nSPS) is 14.9. The molecule has 0 unspecified atom stereocenters. The molecule has 1 saturated heterocycles. The number of anilines is 2. The van der Waals surface area contributed by atoms with E-state index in [1.54, 1.807) is 19.1 Å². The van der Waals surface area contributed by atoms with Crippen molar-refractivity contribution in [3.05, 3.63) is 59.7 Å². The van der Waals surface area contributed by atoms with E-state index in [4.69, 9.17) is 9.47 Å². The van der Waals surface area contributed by atoms with Gasteiger partial charge in [0.05, 0.1) is 18.3 Å². The third-order valence-corrected chi connectivity index (χ3v) is 5.28. The Morgan fingerprint density at radius 1 is 0.935 bits per heavy atom. The molecule has 2 aromatic carbocycles. The van der Waals surface area contributed by atoms with Crippen LogP contribution in [0.1, 0.15) is 56.0 Å². The molecule has 0 radical (unpaired) electrons. The Morgan fingerprint density at radius 3 is 2.19 bits per heavy atom. The highest BCUT2D eigenvalue weighted by atomic mass is 16.5. The van der Waals surface area contributed by atoms with Crippen molar-refractivity contribution in [2.75, 3.05) is 23.3 Å². The van der Waals surface area contributed by atoms with Crippen LogP contribution in [-0.2, 0) is 20.9 Å². The molecule has 0 aromatic heterocycles. The van der Waals surface area contributed by atoms with E-state index < -0.39 is 12.1 Å². The first kappa shape index (κ1) is 22.8. The van der Waals surface area contributed by atoms with Gasteiger partial charge in [0, 0.05) is 24.5 Å². The summed E-state index contributed by atoms with van der Waals surface area (Å²) in [5, 5.41) is 2.81. The molecule has 0 saturated carbocycles. The quantitative estimate of drug-likeness (QED) is 0.618. The lowest BCUT2D eigenvalue weighted by Crippen LogP contribution is -2.30. The van der Waals surface area contributed by atoms with Crippen molar-refractivity contribution in [1.82, 2.24) is 0 Å². The molecule has 31 heavy (non-hydrogen) atoms. The zero-order valence-electron chi connectivity index (χ0n) is 18.6. The van der Waals surface area contributed by atoms with E-state index in [0.29, 0.717) is 17.9 Å². The highest BCUT2D eigenvalue weighted by molar-refractivity contribution is 5.97. The summed E-state index contributed by atoms with van der Waals surface area (Å²) < 4.78 is 10.9. The number of rotatable bonds is 8. The van der Waals surface area contributed by atoms with Crippen LogP contribution in [0.5, 0.6) is 0 Å². The molecule has 1 fully saturated rings. The van der Waals surface area contributed by atoms with Crippen molar-refractivity contribution >= 4 is 23.3 Å². The van der Waals surface area contributed by atoms with Crippen LogP contribution in [0.15, 0.2) is 48.5 Å². The fraction of sp³-hybridized carbons (Fsp3) is 0.440. The maximum atomic E-state index is 12.5. The number of carbonyl (C=O) groups excluding carboxylic acids is 2. The Morgan fingerprint density at radius 2 is 1.58 bits per heavy atom. The van der Waals surface area contributed by atoms with Crippen LogP contribution in [0, 0.1) is 0 Å². The van der Waals surface area contributed by atoms with Gasteiger partial charge in [-0.05, 0) is 82.0 Å². The van der Waals surface area contributed by atoms with Gasteiger partial charge in [-0.2, -0.15) is 0 Å². The summed E-state index contributed by atoms with van der Waals surface area (Å²) in [6.45, 7) is 8.15. The second-order valence-electron chi connectivity index (χ2n) is 8.19. The van der Waals surface area contributed by atoms with Crippen molar-refractivity contribution in [2.24, 2.45) is 0 Å². The van der Waals surface area contributed by atoms with E-state index >= 15 is 0 Å². The fourth-order valence-electron chi connectivity index (χ4n) is 3.43. The zero-order valence-corrected chi connectivity index (χ0v) is 18.6. The van der Waals surface area contributed by atoms with E-state index in [9.17, 15) is 9.59 Å². The number of nitrogens with one attached hydrogen (secondary N) is 1. The Bertz CT molecular complexity index is 856. The van der Waals surface area contributed by atoms with Crippen molar-refractivity contribution < 1.29 is 19.1 Å². The number of nitrogens with zero attached hydrogens (tertiary/aromatic N) is 1. The van der Waals surface area contributed by atoms with Crippen LogP contribution in [0.25, 0.3) is 0 Å². The highest BCUT2D eigenvalue weighted by Crippen LogP contribution is 2.22. The van der Waals surface area contributed by atoms with Crippen LogP contribution >= 0.6 is 0 Å². The number of piperidine rings is 1. The predicted octanol–water partition coefficient (Wildman–Crippen LogP) is 4.79. The Hall–Kier alpha value is -2.86. The second-order valence-corrected chi connectivity index (χ2v) is 8.19. The van der Waals surface area contributed by atoms with Crippen molar-refractivity contribution in [3.8, 4) is 0 Å². The minimum absolute atomic E-state index is 0.143. The molecular formula is C25H32N2O4. The molecule has 1 aliphatic rings. The van der Waals surface area contributed by atoms with Crippen LogP contribution < -0.4 is 10.2 Å². The Kier molecular flexibility index (Phi) is 8.06. The van der Waals surface area contributed by atoms with E-state index in [2.05, 4.69) is 10.2 Å². The van der Waals surface area contributed by atoms with Crippen LogP contribution in [-0.4, -0.2) is 37.2 Å². The van der Waals surface area contributed by atoms with E-state index in [-0.39, 0.29) is 12.0 Å². The third-order valence-electron chi connectivity index (χ3n) is 5.28. The first-order valence-corrected chi connectivity index (χ1v) is 11.0. The van der Waals surface area contributed by atoms with Crippen molar-refractivity contribution in [3.63, 3.8) is 0 Å². The topological polar surface area (TPSA) is 67.9 Å². The summed E-state index contributed by atoms with van der Waals surface area (Å²) >= 11 is 0. The van der Waals surface area contributed by atoms with Gasteiger partial charge in [-0.25, -0.2) is 4.79 Å². The summed E-state index contributed by atoms with van der Waals surface area (Å²) in [5.41, 5.74) is 3.23. The maximum Gasteiger partial charge on any atom is 0.338 e.